The quantitative estimate of drug-likeness (QED) is 0.248. The van der Waals surface area contributed by atoms with Crippen LogP contribution in [-0.2, 0) is 32.9 Å². The predicted octanol–water partition coefficient (Wildman–Crippen LogP) is 4.05. The molecule has 43 heavy (non-hydrogen) atoms. The topological polar surface area (TPSA) is 122 Å². The van der Waals surface area contributed by atoms with Crippen LogP contribution in [0.1, 0.15) is 37.4 Å². The summed E-state index contributed by atoms with van der Waals surface area (Å²) in [6.07, 6.45) is 3.80. The van der Waals surface area contributed by atoms with E-state index in [0.717, 1.165) is 19.4 Å². The Hall–Kier alpha value is -3.45. The number of aryl methyl sites for hydroxylation is 1. The summed E-state index contributed by atoms with van der Waals surface area (Å²) >= 11 is 0. The van der Waals surface area contributed by atoms with Crippen molar-refractivity contribution in [3.8, 4) is 0 Å². The number of hydrogen-bond acceptors (Lipinski definition) is 7. The van der Waals surface area contributed by atoms with Crippen molar-refractivity contribution >= 4 is 37.3 Å². The summed E-state index contributed by atoms with van der Waals surface area (Å²) in [5.41, 5.74) is 1.37. The van der Waals surface area contributed by atoms with Gasteiger partial charge in [0.15, 0.2) is 5.60 Å². The van der Waals surface area contributed by atoms with E-state index in [0.29, 0.717) is 47.7 Å². The number of aromatic nitrogens is 3. The number of benzene rings is 2. The summed E-state index contributed by atoms with van der Waals surface area (Å²) in [6.45, 7) is 6.50. The first-order valence-electron chi connectivity index (χ1n) is 15.1. The number of hydrogen-bond donors (Lipinski definition) is 3. The van der Waals surface area contributed by atoms with Crippen molar-refractivity contribution in [2.45, 2.75) is 75.5 Å². The smallest absolute Gasteiger partial charge is 0.268 e. The van der Waals surface area contributed by atoms with Gasteiger partial charge in [-0.2, -0.15) is 0 Å². The molecule has 0 saturated carbocycles. The summed E-state index contributed by atoms with van der Waals surface area (Å²) < 4.78 is 24.8. The molecule has 3 N–H and O–H groups in total. The molecule has 0 unspecified atom stereocenters. The Morgan fingerprint density at radius 2 is 2.05 bits per heavy atom. The molecule has 12 heteroatoms. The van der Waals surface area contributed by atoms with Crippen LogP contribution in [0.4, 0.5) is 21.2 Å². The molecule has 2 aromatic carbocycles. The van der Waals surface area contributed by atoms with Gasteiger partial charge in [-0.25, -0.2) is 0 Å². The molecule has 4 heterocycles. The first-order chi connectivity index (χ1) is 20.6. The van der Waals surface area contributed by atoms with E-state index in [1.807, 2.05) is 55.5 Å². The van der Waals surface area contributed by atoms with Crippen molar-refractivity contribution in [3.05, 3.63) is 66.0 Å². The number of carbonyl (C=O) groups is 2. The second-order valence-corrected chi connectivity index (χ2v) is 16.1. The maximum absolute atomic E-state index is 16.2. The zero-order valence-electron chi connectivity index (χ0n) is 24.8. The molecule has 3 aromatic rings. The second-order valence-electron chi connectivity index (χ2n) is 12.4. The minimum Gasteiger partial charge on any atom is -0.396 e. The van der Waals surface area contributed by atoms with Gasteiger partial charge in [-0.05, 0) is 69.2 Å². The maximum atomic E-state index is 16.2. The molecule has 10 nitrogen and oxygen atoms in total. The van der Waals surface area contributed by atoms with Gasteiger partial charge in [0.05, 0.1) is 23.5 Å². The van der Waals surface area contributed by atoms with Gasteiger partial charge in [-0.15, -0.1) is 5.10 Å². The Morgan fingerprint density at radius 3 is 2.74 bits per heavy atom. The standard InChI is InChI=1S/C31H39FN6O4Si/c1-20-28(43(2,3)32)27(13-16-37-19-22(14-17-39)35-36-37)42-31(20)24-18-21(34-29(40)25-10-7-15-33-25)11-12-26(24)38(30(31)41)23-8-5-4-6-9-23/h4-6,8-9,11-12,18-20,25,27-28,33,39H,7,10,13-17H2,1-3H3,(H,34,40)/t20-,25+,27+,28-,31+/m0/s1. The predicted molar refractivity (Wildman–Crippen MR) is 163 cm³/mol. The number of rotatable bonds is 9. The Labute approximate surface area is 251 Å². The van der Waals surface area contributed by atoms with Crippen molar-refractivity contribution in [1.82, 2.24) is 20.3 Å². The lowest BCUT2D eigenvalue weighted by Crippen LogP contribution is -2.44. The molecule has 6 rings (SSSR count). The highest BCUT2D eigenvalue weighted by Gasteiger charge is 2.67. The van der Waals surface area contributed by atoms with Crippen LogP contribution in [0.25, 0.3) is 0 Å². The normalized spacial score (nSPS) is 26.8. The highest BCUT2D eigenvalue weighted by atomic mass is 28.4. The van der Waals surface area contributed by atoms with Crippen molar-refractivity contribution in [2.75, 3.05) is 23.4 Å². The molecular formula is C31H39FN6O4Si. The largest absolute Gasteiger partial charge is 0.396 e. The van der Waals surface area contributed by atoms with Gasteiger partial charge in [0, 0.05) is 54.2 Å². The van der Waals surface area contributed by atoms with Crippen molar-refractivity contribution in [1.29, 1.82) is 0 Å². The van der Waals surface area contributed by atoms with Gasteiger partial charge in [-0.3, -0.25) is 19.2 Å². The number of nitrogens with zero attached hydrogens (tertiary/aromatic N) is 4. The van der Waals surface area contributed by atoms with E-state index >= 15 is 4.11 Å². The molecule has 2 fully saturated rings. The average molecular weight is 607 g/mol. The SMILES string of the molecule is C[C@H]1[C@H]([Si](C)(C)F)[C@@H](CCn2cc(CCO)nn2)O[C@]12C(=O)N(c1ccccc1)c1ccc(NC(=O)[C@H]3CCCN3)cc12. The molecule has 2 amide bonds. The molecule has 3 aliphatic rings. The molecule has 1 aromatic heterocycles. The number of para-hydroxylation sites is 1. The van der Waals surface area contributed by atoms with E-state index in [4.69, 9.17) is 4.74 Å². The van der Waals surface area contributed by atoms with Gasteiger partial charge in [-0.1, -0.05) is 30.3 Å². The van der Waals surface area contributed by atoms with Crippen LogP contribution in [0.5, 0.6) is 0 Å². The van der Waals surface area contributed by atoms with E-state index in [1.165, 1.54) is 0 Å². The van der Waals surface area contributed by atoms with Crippen molar-refractivity contribution in [2.24, 2.45) is 5.92 Å². The van der Waals surface area contributed by atoms with Gasteiger partial charge in [0.1, 0.15) is 0 Å². The fourth-order valence-electron chi connectivity index (χ4n) is 7.23. The molecular weight excluding hydrogens is 567 g/mol. The Kier molecular flexibility index (Phi) is 7.96. The molecule has 5 atom stereocenters. The monoisotopic (exact) mass is 606 g/mol. The third kappa shape index (κ3) is 5.30. The fraction of sp³-hybridized carbons (Fsp3) is 0.484. The number of aliphatic hydroxyl groups excluding tert-OH is 1. The number of amides is 2. The summed E-state index contributed by atoms with van der Waals surface area (Å²) in [7, 11) is -3.35. The third-order valence-corrected chi connectivity index (χ3v) is 11.6. The third-order valence-electron chi connectivity index (χ3n) is 9.12. The molecule has 1 spiro atoms. The van der Waals surface area contributed by atoms with Crippen molar-refractivity contribution in [3.63, 3.8) is 0 Å². The Bertz CT molecular complexity index is 1490. The number of halogens is 1. The summed E-state index contributed by atoms with van der Waals surface area (Å²) in [5, 5.41) is 23.8. The van der Waals surface area contributed by atoms with Crippen LogP contribution in [0.3, 0.4) is 0 Å². The number of nitrogens with one attached hydrogen (secondary N) is 2. The summed E-state index contributed by atoms with van der Waals surface area (Å²) in [6, 6.07) is 14.6. The van der Waals surface area contributed by atoms with Gasteiger partial charge < -0.3 is 24.6 Å². The van der Waals surface area contributed by atoms with Gasteiger partial charge >= 0.3 is 0 Å². The first-order valence-corrected chi connectivity index (χ1v) is 18.0. The maximum Gasteiger partial charge on any atom is 0.268 e. The molecule has 0 radical (unpaired) electrons. The zero-order valence-corrected chi connectivity index (χ0v) is 25.8. The van der Waals surface area contributed by atoms with E-state index < -0.39 is 31.6 Å². The number of anilines is 3. The highest BCUT2D eigenvalue weighted by molar-refractivity contribution is 6.72. The van der Waals surface area contributed by atoms with Crippen LogP contribution in [0.2, 0.25) is 18.6 Å². The lowest BCUT2D eigenvalue weighted by Gasteiger charge is -2.31. The molecule has 0 aliphatic carbocycles. The fourth-order valence-corrected chi connectivity index (χ4v) is 9.77. The summed E-state index contributed by atoms with van der Waals surface area (Å²) in [5.74, 6) is -0.830. The lowest BCUT2D eigenvalue weighted by molar-refractivity contribution is -0.145. The Balaban J connectivity index is 1.39. The van der Waals surface area contributed by atoms with E-state index in [2.05, 4.69) is 20.9 Å². The molecule has 0 bridgehead atoms. The van der Waals surface area contributed by atoms with E-state index in [9.17, 15) is 14.7 Å². The highest BCUT2D eigenvalue weighted by Crippen LogP contribution is 2.61. The second kappa shape index (κ2) is 11.6. The average Bonchev–Trinajstić information content (AvgIpc) is 3.76. The number of ether oxygens (including phenoxy) is 1. The van der Waals surface area contributed by atoms with Crippen LogP contribution in [0, 0.1) is 5.92 Å². The van der Waals surface area contributed by atoms with Gasteiger partial charge in [0.2, 0.25) is 14.3 Å². The lowest BCUT2D eigenvalue weighted by atomic mass is 9.82. The summed E-state index contributed by atoms with van der Waals surface area (Å²) in [4.78, 5) is 29.3. The number of carbonyl (C=O) groups excluding carboxylic acids is 2. The van der Waals surface area contributed by atoms with E-state index in [-0.39, 0.29) is 24.5 Å². The Morgan fingerprint density at radius 1 is 1.26 bits per heavy atom. The van der Waals surface area contributed by atoms with E-state index in [1.54, 1.807) is 28.9 Å². The van der Waals surface area contributed by atoms with Crippen LogP contribution in [0.15, 0.2) is 54.7 Å². The minimum atomic E-state index is -3.35. The molecule has 3 aliphatic heterocycles. The van der Waals surface area contributed by atoms with Crippen LogP contribution >= 0.6 is 0 Å². The minimum absolute atomic E-state index is 0.0206. The van der Waals surface area contributed by atoms with Crippen LogP contribution in [-0.4, -0.2) is 65.6 Å². The number of fused-ring (bicyclic) bond motifs is 2. The molecule has 228 valence electrons. The zero-order chi connectivity index (χ0) is 30.4. The molecule has 2 saturated heterocycles. The van der Waals surface area contributed by atoms with Crippen LogP contribution < -0.4 is 15.5 Å². The van der Waals surface area contributed by atoms with Crippen molar-refractivity contribution < 1.29 is 23.5 Å². The number of aliphatic hydroxyl groups is 1. The first kappa shape index (κ1) is 29.6. The van der Waals surface area contributed by atoms with Gasteiger partial charge in [0.25, 0.3) is 5.91 Å².